The van der Waals surface area contributed by atoms with E-state index in [0.29, 0.717) is 11.6 Å². The number of aromatic nitrogens is 1. The maximum Gasteiger partial charge on any atom is 0.237 e. The molecule has 0 saturated carbocycles. The van der Waals surface area contributed by atoms with Crippen LogP contribution in [0.15, 0.2) is 46.3 Å². The molecule has 0 bridgehead atoms. The van der Waals surface area contributed by atoms with Gasteiger partial charge < -0.3 is 10.5 Å². The highest BCUT2D eigenvalue weighted by Gasteiger charge is 2.04. The lowest BCUT2D eigenvalue weighted by atomic mass is 10.2. The molecule has 88 valence electrons. The lowest BCUT2D eigenvalue weighted by Crippen LogP contribution is -1.95. The van der Waals surface area contributed by atoms with Crippen molar-refractivity contribution in [3.05, 3.63) is 42.0 Å². The zero-order chi connectivity index (χ0) is 12.3. The molecule has 2 aromatic rings. The maximum absolute atomic E-state index is 5.72. The van der Waals surface area contributed by atoms with Crippen molar-refractivity contribution >= 4 is 17.4 Å². The molecular weight excluding hydrogens is 232 g/mol. The SMILES string of the molecule is COc1nc(Sc2ccc(C)cc2)ccc1N. The minimum atomic E-state index is 0.474. The van der Waals surface area contributed by atoms with E-state index in [4.69, 9.17) is 10.5 Å². The molecule has 0 spiro atoms. The van der Waals surface area contributed by atoms with E-state index < -0.39 is 0 Å². The molecule has 2 rings (SSSR count). The van der Waals surface area contributed by atoms with Crippen molar-refractivity contribution in [2.45, 2.75) is 16.8 Å². The number of nitrogen functional groups attached to an aromatic ring is 1. The van der Waals surface area contributed by atoms with Crippen LogP contribution in [0.5, 0.6) is 5.88 Å². The summed E-state index contributed by atoms with van der Waals surface area (Å²) in [6.07, 6.45) is 0. The van der Waals surface area contributed by atoms with Crippen LogP contribution in [0.3, 0.4) is 0 Å². The Morgan fingerprint density at radius 1 is 1.12 bits per heavy atom. The minimum Gasteiger partial charge on any atom is -0.480 e. The van der Waals surface area contributed by atoms with Crippen molar-refractivity contribution < 1.29 is 4.74 Å². The fraction of sp³-hybridized carbons (Fsp3) is 0.154. The van der Waals surface area contributed by atoms with Gasteiger partial charge in [0.15, 0.2) is 0 Å². The van der Waals surface area contributed by atoms with Crippen molar-refractivity contribution in [3.8, 4) is 5.88 Å². The Morgan fingerprint density at radius 3 is 2.47 bits per heavy atom. The fourth-order valence-electron chi connectivity index (χ4n) is 1.38. The van der Waals surface area contributed by atoms with Gasteiger partial charge in [-0.2, -0.15) is 0 Å². The summed E-state index contributed by atoms with van der Waals surface area (Å²) in [6, 6.07) is 12.0. The standard InChI is InChI=1S/C13H14N2OS/c1-9-3-5-10(6-4-9)17-12-8-7-11(14)13(15-12)16-2/h3-8H,14H2,1-2H3. The van der Waals surface area contributed by atoms with Gasteiger partial charge in [0.05, 0.1) is 12.8 Å². The lowest BCUT2D eigenvalue weighted by Gasteiger charge is -2.06. The first kappa shape index (κ1) is 11.8. The number of benzene rings is 1. The predicted octanol–water partition coefficient (Wildman–Crippen LogP) is 3.13. The van der Waals surface area contributed by atoms with Crippen LogP contribution in [0, 0.1) is 6.92 Å². The van der Waals surface area contributed by atoms with Gasteiger partial charge in [-0.15, -0.1) is 0 Å². The van der Waals surface area contributed by atoms with Crippen molar-refractivity contribution in [1.82, 2.24) is 4.98 Å². The molecule has 3 nitrogen and oxygen atoms in total. The van der Waals surface area contributed by atoms with Crippen molar-refractivity contribution in [2.75, 3.05) is 12.8 Å². The highest BCUT2D eigenvalue weighted by Crippen LogP contribution is 2.29. The number of aryl methyl sites for hydroxylation is 1. The molecular formula is C13H14N2OS. The summed E-state index contributed by atoms with van der Waals surface area (Å²) in [4.78, 5) is 5.47. The quantitative estimate of drug-likeness (QED) is 0.904. The number of hydrogen-bond donors (Lipinski definition) is 1. The summed E-state index contributed by atoms with van der Waals surface area (Å²) in [6.45, 7) is 2.07. The van der Waals surface area contributed by atoms with Crippen molar-refractivity contribution in [1.29, 1.82) is 0 Å². The van der Waals surface area contributed by atoms with Crippen LogP contribution in [-0.2, 0) is 0 Å². The molecule has 0 aliphatic carbocycles. The highest BCUT2D eigenvalue weighted by atomic mass is 32.2. The molecule has 1 heterocycles. The molecule has 0 radical (unpaired) electrons. The Balaban J connectivity index is 2.21. The summed E-state index contributed by atoms with van der Waals surface area (Å²) < 4.78 is 5.09. The molecule has 1 aromatic carbocycles. The first-order chi connectivity index (χ1) is 8.19. The van der Waals surface area contributed by atoms with Gasteiger partial charge >= 0.3 is 0 Å². The Labute approximate surface area is 105 Å². The van der Waals surface area contributed by atoms with Gasteiger partial charge in [-0.3, -0.25) is 0 Å². The van der Waals surface area contributed by atoms with E-state index in [2.05, 4.69) is 36.2 Å². The molecule has 0 aliphatic heterocycles. The van der Waals surface area contributed by atoms with Gasteiger partial charge in [-0.25, -0.2) is 4.98 Å². The average molecular weight is 246 g/mol. The van der Waals surface area contributed by atoms with Crippen molar-refractivity contribution in [2.24, 2.45) is 0 Å². The first-order valence-corrected chi connectivity index (χ1v) is 6.06. The third-order valence-corrected chi connectivity index (χ3v) is 3.25. The highest BCUT2D eigenvalue weighted by molar-refractivity contribution is 7.99. The number of pyridine rings is 1. The third kappa shape index (κ3) is 2.91. The number of nitrogens with zero attached hydrogens (tertiary/aromatic N) is 1. The third-order valence-electron chi connectivity index (χ3n) is 2.30. The van der Waals surface area contributed by atoms with E-state index in [1.54, 1.807) is 18.9 Å². The lowest BCUT2D eigenvalue weighted by molar-refractivity contribution is 0.397. The van der Waals surface area contributed by atoms with Crippen LogP contribution >= 0.6 is 11.8 Å². The monoisotopic (exact) mass is 246 g/mol. The summed E-state index contributed by atoms with van der Waals surface area (Å²) in [5.74, 6) is 0.474. The van der Waals surface area contributed by atoms with Gasteiger partial charge in [0.25, 0.3) is 0 Å². The molecule has 4 heteroatoms. The zero-order valence-electron chi connectivity index (χ0n) is 9.81. The van der Waals surface area contributed by atoms with Crippen LogP contribution in [0.1, 0.15) is 5.56 Å². The normalized spacial score (nSPS) is 10.2. The number of ether oxygens (including phenoxy) is 1. The van der Waals surface area contributed by atoms with Crippen LogP contribution < -0.4 is 10.5 Å². The number of methoxy groups -OCH3 is 1. The van der Waals surface area contributed by atoms with E-state index in [1.807, 2.05) is 12.1 Å². The predicted molar refractivity (Wildman–Crippen MR) is 70.5 cm³/mol. The molecule has 2 N–H and O–H groups in total. The van der Waals surface area contributed by atoms with Crippen LogP contribution in [0.4, 0.5) is 5.69 Å². The Hall–Kier alpha value is -1.68. The number of hydrogen-bond acceptors (Lipinski definition) is 4. The van der Waals surface area contributed by atoms with Crippen LogP contribution in [-0.4, -0.2) is 12.1 Å². The number of rotatable bonds is 3. The molecule has 0 unspecified atom stereocenters. The molecule has 0 saturated heterocycles. The van der Waals surface area contributed by atoms with Crippen LogP contribution in [0.25, 0.3) is 0 Å². The van der Waals surface area contributed by atoms with Gasteiger partial charge in [0.1, 0.15) is 5.03 Å². The summed E-state index contributed by atoms with van der Waals surface area (Å²) >= 11 is 1.59. The molecule has 0 atom stereocenters. The maximum atomic E-state index is 5.72. The van der Waals surface area contributed by atoms with Crippen molar-refractivity contribution in [3.63, 3.8) is 0 Å². The fourth-order valence-corrected chi connectivity index (χ4v) is 2.16. The second-order valence-corrected chi connectivity index (χ2v) is 4.76. The zero-order valence-corrected chi connectivity index (χ0v) is 10.6. The molecule has 17 heavy (non-hydrogen) atoms. The number of nitrogens with two attached hydrogens (primary N) is 1. The van der Waals surface area contributed by atoms with E-state index in [-0.39, 0.29) is 0 Å². The largest absolute Gasteiger partial charge is 0.480 e. The second-order valence-electron chi connectivity index (χ2n) is 3.66. The van der Waals surface area contributed by atoms with Gasteiger partial charge in [-0.05, 0) is 31.2 Å². The summed E-state index contributed by atoms with van der Waals surface area (Å²) in [7, 11) is 1.57. The molecule has 1 aromatic heterocycles. The van der Waals surface area contributed by atoms with E-state index in [1.165, 1.54) is 5.56 Å². The van der Waals surface area contributed by atoms with Gasteiger partial charge in [0.2, 0.25) is 5.88 Å². The second kappa shape index (κ2) is 5.10. The molecule has 0 fully saturated rings. The van der Waals surface area contributed by atoms with Gasteiger partial charge in [0, 0.05) is 4.90 Å². The molecule has 0 amide bonds. The van der Waals surface area contributed by atoms with Crippen LogP contribution in [0.2, 0.25) is 0 Å². The van der Waals surface area contributed by atoms with E-state index in [9.17, 15) is 0 Å². The summed E-state index contributed by atoms with van der Waals surface area (Å²) in [5.41, 5.74) is 7.52. The number of anilines is 1. The summed E-state index contributed by atoms with van der Waals surface area (Å²) in [5, 5.41) is 0.875. The Bertz CT molecular complexity index is 511. The Kier molecular flexibility index (Phi) is 3.54. The topological polar surface area (TPSA) is 48.1 Å². The molecule has 0 aliphatic rings. The first-order valence-electron chi connectivity index (χ1n) is 5.24. The van der Waals surface area contributed by atoms with Gasteiger partial charge in [-0.1, -0.05) is 29.5 Å². The van der Waals surface area contributed by atoms with E-state index >= 15 is 0 Å². The smallest absolute Gasteiger partial charge is 0.237 e. The minimum absolute atomic E-state index is 0.474. The average Bonchev–Trinajstić information content (AvgIpc) is 2.34. The van der Waals surface area contributed by atoms with E-state index in [0.717, 1.165) is 9.92 Å². The Morgan fingerprint density at radius 2 is 1.82 bits per heavy atom.